The summed E-state index contributed by atoms with van der Waals surface area (Å²) in [5.74, 6) is 0.432. The van der Waals surface area contributed by atoms with Gasteiger partial charge in [0.05, 0.1) is 11.6 Å². The van der Waals surface area contributed by atoms with E-state index in [0.29, 0.717) is 12.3 Å². The Morgan fingerprint density at radius 1 is 1.41 bits per heavy atom. The van der Waals surface area contributed by atoms with Crippen molar-refractivity contribution >= 4 is 5.91 Å². The lowest BCUT2D eigenvalue weighted by atomic mass is 9.94. The molecule has 4 heteroatoms. The van der Waals surface area contributed by atoms with E-state index < -0.39 is 5.54 Å². The number of rotatable bonds is 3. The first kappa shape index (κ1) is 14.5. The van der Waals surface area contributed by atoms with E-state index in [1.807, 2.05) is 41.5 Å². The number of nitrogens with zero attached hydrogens (tertiary/aromatic N) is 1. The second kappa shape index (κ2) is 4.58. The summed E-state index contributed by atoms with van der Waals surface area (Å²) < 4.78 is 0. The largest absolute Gasteiger partial charge is 0.351 e. The number of hydrogen-bond acceptors (Lipinski definition) is 3. The molecule has 1 rings (SSSR count). The van der Waals surface area contributed by atoms with Crippen molar-refractivity contribution in [2.24, 2.45) is 5.92 Å². The summed E-state index contributed by atoms with van der Waals surface area (Å²) in [7, 11) is 0. The summed E-state index contributed by atoms with van der Waals surface area (Å²) in [6, 6.07) is -0.00579. The van der Waals surface area contributed by atoms with E-state index in [0.717, 1.165) is 6.42 Å². The SMILES string of the molecule is CC(C)CC(=O)NC1CC(C)(C)N(O)C1(C)C. The van der Waals surface area contributed by atoms with Gasteiger partial charge in [0.15, 0.2) is 0 Å². The van der Waals surface area contributed by atoms with Crippen molar-refractivity contribution in [1.82, 2.24) is 10.4 Å². The van der Waals surface area contributed by atoms with Crippen LogP contribution in [-0.4, -0.2) is 33.3 Å². The molecular weight excluding hydrogens is 216 g/mol. The molecule has 0 aliphatic carbocycles. The Bertz CT molecular complexity index is 298. The summed E-state index contributed by atoms with van der Waals surface area (Å²) in [6.45, 7) is 12.0. The van der Waals surface area contributed by atoms with E-state index in [9.17, 15) is 10.0 Å². The maximum absolute atomic E-state index is 11.8. The molecule has 1 aliphatic rings. The van der Waals surface area contributed by atoms with Gasteiger partial charge in [0.1, 0.15) is 0 Å². The lowest BCUT2D eigenvalue weighted by Crippen LogP contribution is -2.53. The number of amides is 1. The zero-order valence-electron chi connectivity index (χ0n) is 11.9. The summed E-state index contributed by atoms with van der Waals surface area (Å²) in [5.41, 5.74) is -0.713. The molecule has 0 saturated carbocycles. The molecule has 0 aromatic carbocycles. The van der Waals surface area contributed by atoms with Crippen LogP contribution in [0.25, 0.3) is 0 Å². The van der Waals surface area contributed by atoms with E-state index in [1.54, 1.807) is 0 Å². The number of hydrogen-bond donors (Lipinski definition) is 2. The fourth-order valence-corrected chi connectivity index (χ4v) is 2.62. The Balaban J connectivity index is 2.70. The van der Waals surface area contributed by atoms with Crippen LogP contribution in [0.2, 0.25) is 0 Å². The van der Waals surface area contributed by atoms with Gasteiger partial charge in [0.2, 0.25) is 5.91 Å². The smallest absolute Gasteiger partial charge is 0.220 e. The zero-order chi connectivity index (χ0) is 13.4. The molecule has 1 saturated heterocycles. The predicted molar refractivity (Wildman–Crippen MR) is 67.8 cm³/mol. The van der Waals surface area contributed by atoms with Crippen LogP contribution >= 0.6 is 0 Å². The van der Waals surface area contributed by atoms with Gasteiger partial charge >= 0.3 is 0 Å². The highest BCUT2D eigenvalue weighted by molar-refractivity contribution is 5.76. The number of nitrogens with one attached hydrogen (secondary N) is 1. The van der Waals surface area contributed by atoms with Gasteiger partial charge < -0.3 is 10.5 Å². The highest BCUT2D eigenvalue weighted by Gasteiger charge is 2.51. The van der Waals surface area contributed by atoms with Crippen molar-refractivity contribution in [2.75, 3.05) is 0 Å². The monoisotopic (exact) mass is 242 g/mol. The molecule has 17 heavy (non-hydrogen) atoms. The quantitative estimate of drug-likeness (QED) is 0.797. The molecule has 1 amide bonds. The Labute approximate surface area is 104 Å². The van der Waals surface area contributed by atoms with Gasteiger partial charge in [-0.05, 0) is 40.0 Å². The lowest BCUT2D eigenvalue weighted by Gasteiger charge is -2.35. The van der Waals surface area contributed by atoms with Crippen LogP contribution < -0.4 is 5.32 Å². The first-order valence-corrected chi connectivity index (χ1v) is 6.36. The highest BCUT2D eigenvalue weighted by atomic mass is 16.5. The van der Waals surface area contributed by atoms with Crippen LogP contribution in [0.3, 0.4) is 0 Å². The molecule has 1 atom stereocenters. The van der Waals surface area contributed by atoms with E-state index in [4.69, 9.17) is 0 Å². The Morgan fingerprint density at radius 3 is 2.29 bits per heavy atom. The zero-order valence-corrected chi connectivity index (χ0v) is 11.9. The van der Waals surface area contributed by atoms with Crippen LogP contribution in [0.5, 0.6) is 0 Å². The summed E-state index contributed by atoms with van der Waals surface area (Å²) >= 11 is 0. The van der Waals surface area contributed by atoms with Crippen LogP contribution in [0, 0.1) is 5.92 Å². The third-order valence-corrected chi connectivity index (χ3v) is 3.60. The summed E-state index contributed by atoms with van der Waals surface area (Å²) in [5, 5.41) is 14.6. The average molecular weight is 242 g/mol. The normalized spacial score (nSPS) is 27.4. The topological polar surface area (TPSA) is 52.6 Å². The van der Waals surface area contributed by atoms with Crippen molar-refractivity contribution < 1.29 is 10.0 Å². The first-order valence-electron chi connectivity index (χ1n) is 6.36. The average Bonchev–Trinajstić information content (AvgIpc) is 2.26. The Hall–Kier alpha value is -0.610. The Morgan fingerprint density at radius 2 is 1.94 bits per heavy atom. The lowest BCUT2D eigenvalue weighted by molar-refractivity contribution is -0.194. The maximum atomic E-state index is 11.8. The molecule has 0 aromatic rings. The standard InChI is InChI=1S/C13H26N2O2/c1-9(2)7-11(16)14-10-8-12(3,4)15(17)13(10,5)6/h9-10,17H,7-8H2,1-6H3,(H,14,16). The molecule has 1 aliphatic heterocycles. The van der Waals surface area contributed by atoms with Gasteiger partial charge in [0, 0.05) is 12.0 Å². The van der Waals surface area contributed by atoms with E-state index >= 15 is 0 Å². The van der Waals surface area contributed by atoms with Gasteiger partial charge in [-0.1, -0.05) is 13.8 Å². The number of carbonyl (C=O) groups is 1. The minimum Gasteiger partial charge on any atom is -0.351 e. The maximum Gasteiger partial charge on any atom is 0.220 e. The minimum absolute atomic E-state index is 0.00579. The first-order chi connectivity index (χ1) is 7.57. The third kappa shape index (κ3) is 2.99. The van der Waals surface area contributed by atoms with Crippen molar-refractivity contribution in [3.8, 4) is 0 Å². The molecule has 1 heterocycles. The van der Waals surface area contributed by atoms with Crippen molar-refractivity contribution in [3.05, 3.63) is 0 Å². The van der Waals surface area contributed by atoms with Crippen LogP contribution in [0.1, 0.15) is 54.4 Å². The van der Waals surface area contributed by atoms with Gasteiger partial charge in [-0.15, -0.1) is 0 Å². The van der Waals surface area contributed by atoms with Crippen LogP contribution in [0.15, 0.2) is 0 Å². The van der Waals surface area contributed by atoms with Crippen molar-refractivity contribution in [3.63, 3.8) is 0 Å². The third-order valence-electron chi connectivity index (χ3n) is 3.60. The van der Waals surface area contributed by atoms with Gasteiger partial charge in [-0.25, -0.2) is 0 Å². The molecule has 4 nitrogen and oxygen atoms in total. The van der Waals surface area contributed by atoms with Gasteiger partial charge in [-0.3, -0.25) is 4.79 Å². The molecular formula is C13H26N2O2. The summed E-state index contributed by atoms with van der Waals surface area (Å²) in [6.07, 6.45) is 1.30. The van der Waals surface area contributed by atoms with Crippen LogP contribution in [-0.2, 0) is 4.79 Å². The highest BCUT2D eigenvalue weighted by Crippen LogP contribution is 2.39. The number of carbonyl (C=O) groups excluding carboxylic acids is 1. The molecule has 0 bridgehead atoms. The molecule has 1 fully saturated rings. The van der Waals surface area contributed by atoms with Gasteiger partial charge in [-0.2, -0.15) is 5.06 Å². The van der Waals surface area contributed by atoms with Crippen molar-refractivity contribution in [2.45, 2.75) is 71.5 Å². The second-order valence-electron chi connectivity index (χ2n) is 6.70. The molecule has 2 N–H and O–H groups in total. The summed E-state index contributed by atoms with van der Waals surface area (Å²) in [4.78, 5) is 11.8. The van der Waals surface area contributed by atoms with Crippen LogP contribution in [0.4, 0.5) is 0 Å². The predicted octanol–water partition coefficient (Wildman–Crippen LogP) is 2.17. The van der Waals surface area contributed by atoms with E-state index in [2.05, 4.69) is 5.32 Å². The van der Waals surface area contributed by atoms with Crippen molar-refractivity contribution in [1.29, 1.82) is 0 Å². The molecule has 0 aromatic heterocycles. The fourth-order valence-electron chi connectivity index (χ4n) is 2.62. The fraction of sp³-hybridized carbons (Fsp3) is 0.923. The molecule has 0 radical (unpaired) electrons. The van der Waals surface area contributed by atoms with Gasteiger partial charge in [0.25, 0.3) is 0 Å². The molecule has 0 spiro atoms. The minimum atomic E-state index is -0.420. The molecule has 1 unspecified atom stereocenters. The number of hydroxylamine groups is 2. The Kier molecular flexibility index (Phi) is 3.89. The van der Waals surface area contributed by atoms with E-state index in [1.165, 1.54) is 5.06 Å². The second-order valence-corrected chi connectivity index (χ2v) is 6.70. The van der Waals surface area contributed by atoms with E-state index in [-0.39, 0.29) is 17.5 Å². The molecule has 100 valence electrons.